The Labute approximate surface area is 125 Å². The molecule has 0 saturated heterocycles. The first-order chi connectivity index (χ1) is 9.19. The molecule has 1 amide bonds. The van der Waals surface area contributed by atoms with Crippen LogP contribution in [0, 0.1) is 0 Å². The molecule has 0 aromatic carbocycles. The molecule has 2 aromatic heterocycles. The molecule has 0 aliphatic heterocycles. The Kier molecular flexibility index (Phi) is 5.27. The zero-order valence-electron chi connectivity index (χ0n) is 10.7. The zero-order valence-corrected chi connectivity index (χ0v) is 13.1. The van der Waals surface area contributed by atoms with Crippen LogP contribution in [0.3, 0.4) is 0 Å². The number of nitrogens with zero attached hydrogens (tertiary/aromatic N) is 2. The van der Waals surface area contributed by atoms with Crippen molar-refractivity contribution in [2.75, 3.05) is 11.5 Å². The average molecular weight is 342 g/mol. The summed E-state index contributed by atoms with van der Waals surface area (Å²) >= 11 is 5.20. The van der Waals surface area contributed by atoms with Crippen molar-refractivity contribution in [1.29, 1.82) is 0 Å². The molecule has 1 N–H and O–H groups in total. The molecule has 0 atom stereocenters. The number of aromatic nitrogens is 2. The summed E-state index contributed by atoms with van der Waals surface area (Å²) in [7, 11) is 0. The largest absolute Gasteiger partial charge is 0.350 e. The lowest BCUT2D eigenvalue weighted by atomic mass is 10.4. The lowest BCUT2D eigenvalue weighted by molar-refractivity contribution is -0.120. The molecule has 102 valence electrons. The van der Waals surface area contributed by atoms with Crippen molar-refractivity contribution in [3.8, 4) is 0 Å². The third-order valence-electron chi connectivity index (χ3n) is 2.61. The molecule has 0 fully saturated rings. The maximum Gasteiger partial charge on any atom is 0.221 e. The second-order valence-electron chi connectivity index (χ2n) is 4.07. The third-order valence-corrected chi connectivity index (χ3v) is 3.98. The summed E-state index contributed by atoms with van der Waals surface area (Å²) in [6.07, 6.45) is 4.45. The number of hydrogen-bond acceptors (Lipinski definition) is 3. The van der Waals surface area contributed by atoms with Crippen LogP contribution < -0.4 is 5.32 Å². The van der Waals surface area contributed by atoms with Gasteiger partial charge >= 0.3 is 0 Å². The van der Waals surface area contributed by atoms with Gasteiger partial charge in [-0.05, 0) is 33.8 Å². The second-order valence-corrected chi connectivity index (χ2v) is 6.38. The van der Waals surface area contributed by atoms with Crippen molar-refractivity contribution in [3.05, 3.63) is 34.7 Å². The standard InChI is InChI=1S/C13H16BrN3OS/c1-2-19-6-5-13(18)15-7-11-9-17-8-10(14)3-4-12(17)16-11/h3-4,8-9H,2,5-7H2,1H3,(H,15,18). The lowest BCUT2D eigenvalue weighted by Crippen LogP contribution is -2.23. The van der Waals surface area contributed by atoms with E-state index in [9.17, 15) is 4.79 Å². The Morgan fingerprint density at radius 2 is 2.32 bits per heavy atom. The summed E-state index contributed by atoms with van der Waals surface area (Å²) in [5, 5.41) is 2.89. The molecule has 6 heteroatoms. The highest BCUT2D eigenvalue weighted by Crippen LogP contribution is 2.12. The number of rotatable bonds is 6. The third kappa shape index (κ3) is 4.24. The lowest BCUT2D eigenvalue weighted by Gasteiger charge is -2.02. The molecule has 0 unspecified atom stereocenters. The minimum Gasteiger partial charge on any atom is -0.350 e. The first-order valence-electron chi connectivity index (χ1n) is 6.16. The monoisotopic (exact) mass is 341 g/mol. The first kappa shape index (κ1) is 14.4. The SMILES string of the molecule is CCSCCC(=O)NCc1cn2cc(Br)ccc2n1. The van der Waals surface area contributed by atoms with Crippen LogP contribution in [0.25, 0.3) is 5.65 Å². The number of amides is 1. The Morgan fingerprint density at radius 3 is 3.11 bits per heavy atom. The molecule has 0 bridgehead atoms. The van der Waals surface area contributed by atoms with Crippen LogP contribution in [0.15, 0.2) is 29.0 Å². The minimum atomic E-state index is 0.0826. The molecule has 0 aliphatic carbocycles. The molecule has 2 heterocycles. The molecule has 2 rings (SSSR count). The predicted molar refractivity (Wildman–Crippen MR) is 82.4 cm³/mol. The van der Waals surface area contributed by atoms with Crippen LogP contribution in [0.2, 0.25) is 0 Å². The number of carbonyl (C=O) groups excluding carboxylic acids is 1. The Balaban J connectivity index is 1.89. The number of imidazole rings is 1. The van der Waals surface area contributed by atoms with Gasteiger partial charge in [-0.1, -0.05) is 6.92 Å². The van der Waals surface area contributed by atoms with E-state index in [1.165, 1.54) is 0 Å². The van der Waals surface area contributed by atoms with Crippen molar-refractivity contribution >= 4 is 39.2 Å². The average Bonchev–Trinajstić information content (AvgIpc) is 2.78. The van der Waals surface area contributed by atoms with Gasteiger partial charge in [0.2, 0.25) is 5.91 Å². The molecule has 0 spiro atoms. The maximum atomic E-state index is 11.6. The Hall–Kier alpha value is -1.01. The summed E-state index contributed by atoms with van der Waals surface area (Å²) in [6.45, 7) is 2.58. The number of thioether (sulfide) groups is 1. The normalized spacial score (nSPS) is 10.8. The molecule has 2 aromatic rings. The number of halogens is 1. The topological polar surface area (TPSA) is 46.4 Å². The molecule has 0 saturated carbocycles. The van der Waals surface area contributed by atoms with E-state index in [2.05, 4.69) is 33.2 Å². The van der Waals surface area contributed by atoms with Gasteiger partial charge in [0, 0.05) is 29.0 Å². The molecule has 19 heavy (non-hydrogen) atoms. The first-order valence-corrected chi connectivity index (χ1v) is 8.11. The van der Waals surface area contributed by atoms with Gasteiger partial charge in [0.15, 0.2) is 0 Å². The smallest absolute Gasteiger partial charge is 0.221 e. The van der Waals surface area contributed by atoms with Crippen LogP contribution in [-0.2, 0) is 11.3 Å². The van der Waals surface area contributed by atoms with Gasteiger partial charge in [-0.25, -0.2) is 4.98 Å². The maximum absolute atomic E-state index is 11.6. The van der Waals surface area contributed by atoms with E-state index in [4.69, 9.17) is 0 Å². The van der Waals surface area contributed by atoms with Gasteiger partial charge in [-0.15, -0.1) is 0 Å². The number of pyridine rings is 1. The predicted octanol–water partition coefficient (Wildman–Crippen LogP) is 2.86. The van der Waals surface area contributed by atoms with Crippen LogP contribution >= 0.6 is 27.7 Å². The molecule has 4 nitrogen and oxygen atoms in total. The van der Waals surface area contributed by atoms with Crippen molar-refractivity contribution < 1.29 is 4.79 Å². The summed E-state index contributed by atoms with van der Waals surface area (Å²) in [5.41, 5.74) is 1.75. The van der Waals surface area contributed by atoms with Crippen LogP contribution in [0.5, 0.6) is 0 Å². The number of carbonyl (C=O) groups is 1. The van der Waals surface area contributed by atoms with E-state index in [-0.39, 0.29) is 5.91 Å². The molecular formula is C13H16BrN3OS. The molecule has 0 radical (unpaired) electrons. The van der Waals surface area contributed by atoms with Gasteiger partial charge in [0.05, 0.1) is 12.2 Å². The second kappa shape index (κ2) is 6.96. The van der Waals surface area contributed by atoms with E-state index in [1.54, 1.807) is 11.8 Å². The summed E-state index contributed by atoms with van der Waals surface area (Å²) in [6, 6.07) is 3.89. The quantitative estimate of drug-likeness (QED) is 0.821. The number of fused-ring (bicyclic) bond motifs is 1. The van der Waals surface area contributed by atoms with Gasteiger partial charge in [0.1, 0.15) is 5.65 Å². The number of hydrogen-bond donors (Lipinski definition) is 1. The zero-order chi connectivity index (χ0) is 13.7. The van der Waals surface area contributed by atoms with Gasteiger partial charge in [-0.2, -0.15) is 11.8 Å². The van der Waals surface area contributed by atoms with Gasteiger partial charge < -0.3 is 9.72 Å². The van der Waals surface area contributed by atoms with Crippen LogP contribution in [0.4, 0.5) is 0 Å². The number of nitrogens with one attached hydrogen (secondary N) is 1. The molecule has 0 aliphatic rings. The highest BCUT2D eigenvalue weighted by atomic mass is 79.9. The highest BCUT2D eigenvalue weighted by Gasteiger charge is 2.04. The summed E-state index contributed by atoms with van der Waals surface area (Å²) in [5.74, 6) is 2.01. The van der Waals surface area contributed by atoms with E-state index in [1.807, 2.05) is 28.9 Å². The molecular weight excluding hydrogens is 326 g/mol. The van der Waals surface area contributed by atoms with Gasteiger partial charge in [0.25, 0.3) is 0 Å². The van der Waals surface area contributed by atoms with E-state index in [0.717, 1.165) is 27.3 Å². The Morgan fingerprint density at radius 1 is 1.47 bits per heavy atom. The van der Waals surface area contributed by atoms with Crippen molar-refractivity contribution in [2.24, 2.45) is 0 Å². The van der Waals surface area contributed by atoms with Gasteiger partial charge in [-0.3, -0.25) is 4.79 Å². The van der Waals surface area contributed by atoms with Crippen molar-refractivity contribution in [2.45, 2.75) is 19.9 Å². The Bertz CT molecular complexity index is 570. The summed E-state index contributed by atoms with van der Waals surface area (Å²) < 4.78 is 2.95. The van der Waals surface area contributed by atoms with E-state index >= 15 is 0 Å². The minimum absolute atomic E-state index is 0.0826. The van der Waals surface area contributed by atoms with Crippen molar-refractivity contribution in [1.82, 2.24) is 14.7 Å². The van der Waals surface area contributed by atoms with Crippen LogP contribution in [-0.4, -0.2) is 26.8 Å². The fourth-order valence-electron chi connectivity index (χ4n) is 1.69. The van der Waals surface area contributed by atoms with E-state index < -0.39 is 0 Å². The highest BCUT2D eigenvalue weighted by molar-refractivity contribution is 9.10. The van der Waals surface area contributed by atoms with Crippen LogP contribution in [0.1, 0.15) is 19.0 Å². The fourth-order valence-corrected chi connectivity index (χ4v) is 2.66. The summed E-state index contributed by atoms with van der Waals surface area (Å²) in [4.78, 5) is 16.0. The van der Waals surface area contributed by atoms with E-state index in [0.29, 0.717) is 13.0 Å². The van der Waals surface area contributed by atoms with Crippen molar-refractivity contribution in [3.63, 3.8) is 0 Å². The fraction of sp³-hybridized carbons (Fsp3) is 0.385.